The second-order valence-corrected chi connectivity index (χ2v) is 17.5. The smallest absolute Gasteiger partial charge is 0.333 e. The molecule has 2 aliphatic rings. The number of nitro benzene ring substituents is 2. The summed E-state index contributed by atoms with van der Waals surface area (Å²) in [6, 6.07) is 23.5. The topological polar surface area (TPSA) is 262 Å². The summed E-state index contributed by atoms with van der Waals surface area (Å²) in [5, 5.41) is 21.4. The summed E-state index contributed by atoms with van der Waals surface area (Å²) in [6.45, 7) is 11.0. The van der Waals surface area contributed by atoms with Gasteiger partial charge in [-0.2, -0.15) is 0 Å². The SMILES string of the molecule is CCOC(=O)/C(C)=C/c1ccc(OC)cc1N.CCOC(=O)/C(C)=C/c1ccc(OC)cc1[N+](=O)[O-].COc1cc2c(cc1Br)C=C(C)C(=O)C2.COc1ccc(C=O)c([N+](=O)[O-])c1.COc1ccc2c(c1)CC(=O)C(C)=C2. The van der Waals surface area contributed by atoms with Gasteiger partial charge in [0.25, 0.3) is 11.4 Å². The van der Waals surface area contributed by atoms with Crippen LogP contribution in [0.4, 0.5) is 17.1 Å². The average Bonchev–Trinajstić information content (AvgIpc) is 3.42. The van der Waals surface area contributed by atoms with Crippen LogP contribution in [0.25, 0.3) is 24.3 Å². The van der Waals surface area contributed by atoms with E-state index >= 15 is 0 Å². The summed E-state index contributed by atoms with van der Waals surface area (Å²) in [6.07, 6.45) is 8.39. The molecule has 0 aliphatic heterocycles. The van der Waals surface area contributed by atoms with Crippen LogP contribution in [0, 0.1) is 20.2 Å². The molecule has 19 nitrogen and oxygen atoms in total. The van der Waals surface area contributed by atoms with Crippen LogP contribution in [-0.2, 0) is 41.5 Å². The van der Waals surface area contributed by atoms with Crippen LogP contribution in [0.1, 0.15) is 85.3 Å². The zero-order chi connectivity index (χ0) is 58.2. The number of aldehydes is 1. The summed E-state index contributed by atoms with van der Waals surface area (Å²) in [5.74, 6) is 2.58. The number of carbonyl (C=O) groups is 5. The first kappa shape index (κ1) is 63.4. The van der Waals surface area contributed by atoms with Gasteiger partial charge in [0.2, 0.25) is 0 Å². The van der Waals surface area contributed by atoms with E-state index in [9.17, 15) is 44.2 Å². The zero-order valence-electron chi connectivity index (χ0n) is 45.2. The maximum absolute atomic E-state index is 11.5. The molecule has 0 atom stereocenters. The monoisotopic (exact) mass is 1140 g/mol. The van der Waals surface area contributed by atoms with E-state index in [-0.39, 0.29) is 41.1 Å². The third-order valence-electron chi connectivity index (χ3n) is 11.3. The fraction of sp³-hybridized carbons (Fsp3) is 0.259. The van der Waals surface area contributed by atoms with Crippen molar-refractivity contribution in [3.8, 4) is 28.7 Å². The number of nitro groups is 2. The van der Waals surface area contributed by atoms with Gasteiger partial charge in [-0.25, -0.2) is 9.59 Å². The van der Waals surface area contributed by atoms with Gasteiger partial charge in [-0.1, -0.05) is 6.07 Å². The van der Waals surface area contributed by atoms with Crippen LogP contribution >= 0.6 is 15.9 Å². The summed E-state index contributed by atoms with van der Waals surface area (Å²) < 4.78 is 35.7. The standard InChI is InChI=1S/C13H15NO5.C13H17NO3.C12H11BrO2.C12H12O2.C8H7NO4/c1-4-19-13(15)9(2)7-10-5-6-11(18-3)8-12(10)14(16)17;1-4-17-13(15)9(2)7-10-5-6-11(16-3)8-12(10)14;1-7-3-8-4-10(13)12(15-2)6-9(8)5-11(7)14;1-8-5-9-3-4-11(14-2)6-10(9)7-12(8)13;1-13-7-3-2-6(5-10)8(4-7)9(11)12/h5-8H,4H2,1-3H3;5-8H,4,14H2,1-3H3;3-4,6H,5H2,1-2H3;3-6H,7H2,1-2H3;2-5H,1H3/b2*9-7+;;;. The third-order valence-corrected chi connectivity index (χ3v) is 11.9. The van der Waals surface area contributed by atoms with E-state index in [1.54, 1.807) is 79.4 Å². The van der Waals surface area contributed by atoms with Crippen molar-refractivity contribution in [2.75, 3.05) is 54.5 Å². The van der Waals surface area contributed by atoms with Gasteiger partial charge in [-0.05, 0) is 181 Å². The highest BCUT2D eigenvalue weighted by Gasteiger charge is 2.19. The van der Waals surface area contributed by atoms with Gasteiger partial charge in [0.15, 0.2) is 17.9 Å². The van der Waals surface area contributed by atoms with Crippen LogP contribution in [0.2, 0.25) is 0 Å². The van der Waals surface area contributed by atoms with Crippen molar-refractivity contribution >= 4 is 87.1 Å². The number of nitrogens with two attached hydrogens (primary N) is 1. The number of ether oxygens (including phenoxy) is 7. The second-order valence-electron chi connectivity index (χ2n) is 16.7. The minimum atomic E-state index is -0.619. The van der Waals surface area contributed by atoms with Gasteiger partial charge in [-0.3, -0.25) is 34.6 Å². The van der Waals surface area contributed by atoms with E-state index < -0.39 is 15.8 Å². The Kier molecular flexibility index (Phi) is 25.4. The molecule has 78 heavy (non-hydrogen) atoms. The lowest BCUT2D eigenvalue weighted by atomic mass is 9.92. The van der Waals surface area contributed by atoms with Crippen molar-refractivity contribution in [2.24, 2.45) is 0 Å². The minimum Gasteiger partial charge on any atom is -0.497 e. The second kappa shape index (κ2) is 31.2. The van der Waals surface area contributed by atoms with E-state index in [2.05, 4.69) is 15.9 Å². The number of rotatable bonds is 14. The van der Waals surface area contributed by atoms with E-state index in [1.165, 1.54) is 50.6 Å². The molecule has 2 N–H and O–H groups in total. The summed E-state index contributed by atoms with van der Waals surface area (Å²) in [5.41, 5.74) is 14.0. The first-order valence-electron chi connectivity index (χ1n) is 23.8. The van der Waals surface area contributed by atoms with Crippen LogP contribution in [0.5, 0.6) is 28.7 Å². The van der Waals surface area contributed by atoms with Gasteiger partial charge >= 0.3 is 11.9 Å². The molecule has 0 heterocycles. The Balaban J connectivity index is 0.000000258. The molecule has 20 heteroatoms. The highest BCUT2D eigenvalue weighted by molar-refractivity contribution is 9.10. The number of carbonyl (C=O) groups excluding carboxylic acids is 5. The number of Topliss-reactive ketones (excluding diaryl/α,β-unsaturated/α-hetero) is 2. The number of benzene rings is 5. The van der Waals surface area contributed by atoms with Crippen LogP contribution < -0.4 is 29.4 Å². The predicted molar refractivity (Wildman–Crippen MR) is 301 cm³/mol. The molecule has 5 aromatic carbocycles. The molecule has 0 aromatic heterocycles. The fourth-order valence-electron chi connectivity index (χ4n) is 7.03. The van der Waals surface area contributed by atoms with Crippen molar-refractivity contribution in [3.63, 3.8) is 0 Å². The quantitative estimate of drug-likeness (QED) is 0.0270. The summed E-state index contributed by atoms with van der Waals surface area (Å²) in [7, 11) is 7.66. The van der Waals surface area contributed by atoms with Gasteiger partial charge in [0, 0.05) is 35.7 Å². The van der Waals surface area contributed by atoms with E-state index in [0.717, 1.165) is 54.9 Å². The molecule has 0 unspecified atom stereocenters. The van der Waals surface area contributed by atoms with Gasteiger partial charge in [-0.15, -0.1) is 0 Å². The van der Waals surface area contributed by atoms with Crippen molar-refractivity contribution in [2.45, 2.75) is 54.4 Å². The Labute approximate surface area is 460 Å². The molecule has 0 fully saturated rings. The van der Waals surface area contributed by atoms with Gasteiger partial charge in [0.1, 0.15) is 28.7 Å². The van der Waals surface area contributed by atoms with E-state index in [4.69, 9.17) is 38.9 Å². The van der Waals surface area contributed by atoms with Crippen LogP contribution in [0.15, 0.2) is 112 Å². The van der Waals surface area contributed by atoms with Crippen molar-refractivity contribution in [1.29, 1.82) is 0 Å². The molecule has 0 amide bonds. The average molecular weight is 1140 g/mol. The van der Waals surface area contributed by atoms with Gasteiger partial charge in [0.05, 0.1) is 86.3 Å². The Morgan fingerprint density at radius 3 is 1.45 bits per heavy atom. The third kappa shape index (κ3) is 18.7. The number of anilines is 1. The van der Waals surface area contributed by atoms with Crippen LogP contribution in [-0.4, -0.2) is 88.4 Å². The number of fused-ring (bicyclic) bond motifs is 2. The first-order valence-corrected chi connectivity index (χ1v) is 24.6. The lowest BCUT2D eigenvalue weighted by Crippen LogP contribution is -2.10. The molecule has 2 aliphatic carbocycles. The number of nitrogen functional groups attached to an aromatic ring is 1. The number of hydrogen-bond donors (Lipinski definition) is 1. The number of methoxy groups -OCH3 is 5. The Morgan fingerprint density at radius 1 is 0.590 bits per heavy atom. The number of ketones is 2. The maximum Gasteiger partial charge on any atom is 0.333 e. The Bertz CT molecular complexity index is 3160. The Morgan fingerprint density at radius 2 is 1.00 bits per heavy atom. The van der Waals surface area contributed by atoms with E-state index in [0.29, 0.717) is 65.4 Å². The molecule has 7 rings (SSSR count). The normalized spacial score (nSPS) is 12.1. The molecule has 0 spiro atoms. The molecule has 0 radical (unpaired) electrons. The van der Waals surface area contributed by atoms with Crippen molar-refractivity contribution in [3.05, 3.63) is 171 Å². The van der Waals surface area contributed by atoms with Crippen molar-refractivity contribution < 1.29 is 67.0 Å². The predicted octanol–water partition coefficient (Wildman–Crippen LogP) is 11.4. The summed E-state index contributed by atoms with van der Waals surface area (Å²) in [4.78, 5) is 76.5. The lowest BCUT2D eigenvalue weighted by molar-refractivity contribution is -0.385. The largest absolute Gasteiger partial charge is 0.497 e. The molecule has 0 bridgehead atoms. The number of allylic oxidation sites excluding steroid dienone is 2. The molecular weight excluding hydrogens is 1070 g/mol. The minimum absolute atomic E-state index is 0.0470. The number of hydrogen-bond acceptors (Lipinski definition) is 17. The lowest BCUT2D eigenvalue weighted by Gasteiger charge is -2.15. The van der Waals surface area contributed by atoms with Crippen LogP contribution in [0.3, 0.4) is 0 Å². The molecule has 5 aromatic rings. The molecule has 0 saturated carbocycles. The first-order chi connectivity index (χ1) is 37.1. The highest BCUT2D eigenvalue weighted by atomic mass is 79.9. The fourth-order valence-corrected chi connectivity index (χ4v) is 7.56. The molecule has 412 valence electrons. The van der Waals surface area contributed by atoms with Gasteiger partial charge < -0.3 is 38.9 Å². The number of esters is 2. The van der Waals surface area contributed by atoms with E-state index in [1.807, 2.05) is 56.3 Å². The highest BCUT2D eigenvalue weighted by Crippen LogP contribution is 2.33. The molecule has 0 saturated heterocycles. The number of halogens is 1. The molecular formula is C58H62BrN3O16. The maximum atomic E-state index is 11.5. The number of nitrogens with zero attached hydrogens (tertiary/aromatic N) is 2. The Hall–Kier alpha value is -8.91. The van der Waals surface area contributed by atoms with Crippen molar-refractivity contribution in [1.82, 2.24) is 0 Å². The summed E-state index contributed by atoms with van der Waals surface area (Å²) >= 11 is 3.43. The zero-order valence-corrected chi connectivity index (χ0v) is 46.8.